The molecule has 6 aromatic rings. The number of alkyl halides is 1. The van der Waals surface area contributed by atoms with Crippen LogP contribution in [0.4, 0.5) is 5.13 Å². The number of aromatic nitrogens is 1. The van der Waals surface area contributed by atoms with E-state index < -0.39 is 52.4 Å². The van der Waals surface area contributed by atoms with Crippen LogP contribution in [-0.2, 0) is 34.3 Å². The molecule has 3 heterocycles. The molecule has 15 heteroatoms. The number of amides is 2. The number of thiazole rings is 1. The summed E-state index contributed by atoms with van der Waals surface area (Å²) in [6.45, 7) is 2.95. The van der Waals surface area contributed by atoms with E-state index >= 15 is 0 Å². The number of hydrogen-bond acceptors (Lipinski definition) is 11. The molecule has 1 aromatic heterocycles. The molecule has 324 valence electrons. The lowest BCUT2D eigenvalue weighted by Gasteiger charge is -2.49. The number of hydrogen-bond donors (Lipinski definition) is 3. The number of benzene rings is 5. The topological polar surface area (TPSA) is 160 Å². The first-order valence-corrected chi connectivity index (χ1v) is 22.7. The summed E-state index contributed by atoms with van der Waals surface area (Å²) in [5, 5.41) is 22.0. The summed E-state index contributed by atoms with van der Waals surface area (Å²) < 4.78 is 6.11. The summed E-state index contributed by atoms with van der Waals surface area (Å²) in [5.74, 6) is -3.32. The lowest BCUT2D eigenvalue weighted by molar-refractivity contribution is -0.172. The zero-order valence-corrected chi connectivity index (χ0v) is 37.0. The van der Waals surface area contributed by atoms with Gasteiger partial charge in [0.25, 0.3) is 11.8 Å². The van der Waals surface area contributed by atoms with Gasteiger partial charge in [0, 0.05) is 17.0 Å². The standard InChI is InChI=1S/C49H42ClN5O7S2/c1-48(2,46(60)61-41(31-18-8-3-9-19-31)32-20-10-4-11-21-32)62-54-38(42(56)52-39-43(57)55-40(45(58)59)33(28-50)29-63-44(39)55)37-30-64-47(51-37)53-49(34-22-12-5-13-23-34,35-24-14-6-15-25-35)36-26-16-7-17-27-36/h3-27,30,39,41,44H,28-29H2,1-2H3,(H,51,53)(H,52,56)(H,58,59)/t39-,44+/m1/s1. The number of oxime groups is 1. The quantitative estimate of drug-likeness (QED) is 0.0215. The molecule has 8 rings (SSSR count). The first-order valence-electron chi connectivity index (χ1n) is 20.3. The number of nitrogens with one attached hydrogen (secondary N) is 2. The van der Waals surface area contributed by atoms with E-state index in [0.29, 0.717) is 10.7 Å². The number of halogens is 1. The maximum Gasteiger partial charge on any atom is 0.353 e. The maximum absolute atomic E-state index is 14.5. The number of esters is 1. The number of thioether (sulfide) groups is 1. The van der Waals surface area contributed by atoms with Crippen molar-refractivity contribution in [3.05, 3.63) is 202 Å². The van der Waals surface area contributed by atoms with E-state index in [1.54, 1.807) is 5.38 Å². The summed E-state index contributed by atoms with van der Waals surface area (Å²) >= 11 is 8.55. The highest BCUT2D eigenvalue weighted by Crippen LogP contribution is 2.42. The van der Waals surface area contributed by atoms with E-state index in [9.17, 15) is 24.3 Å². The zero-order chi connectivity index (χ0) is 44.8. The number of fused-ring (bicyclic) bond motifs is 1. The molecule has 1 fully saturated rings. The molecule has 64 heavy (non-hydrogen) atoms. The van der Waals surface area contributed by atoms with Crippen molar-refractivity contribution in [2.75, 3.05) is 16.9 Å². The van der Waals surface area contributed by atoms with E-state index in [4.69, 9.17) is 26.2 Å². The highest BCUT2D eigenvalue weighted by molar-refractivity contribution is 8.00. The molecule has 0 spiro atoms. The number of β-lactam (4-membered cyclic amide) rings is 1. The molecule has 5 aromatic carbocycles. The van der Waals surface area contributed by atoms with E-state index in [1.165, 1.54) is 36.9 Å². The van der Waals surface area contributed by atoms with Gasteiger partial charge in [0.2, 0.25) is 5.60 Å². The fourth-order valence-corrected chi connectivity index (χ4v) is 10.0. The van der Waals surface area contributed by atoms with Crippen molar-refractivity contribution >= 4 is 69.3 Å². The number of carbonyl (C=O) groups is 4. The van der Waals surface area contributed by atoms with Crippen LogP contribution in [0, 0.1) is 0 Å². The molecule has 2 amide bonds. The van der Waals surface area contributed by atoms with Gasteiger partial charge in [0.1, 0.15) is 28.3 Å². The Labute approximate surface area is 383 Å². The van der Waals surface area contributed by atoms with Gasteiger partial charge in [0.05, 0.1) is 0 Å². The van der Waals surface area contributed by atoms with Crippen molar-refractivity contribution in [1.82, 2.24) is 15.2 Å². The number of carboxylic acids is 1. The molecular weight excluding hydrogens is 870 g/mol. The monoisotopic (exact) mass is 911 g/mol. The molecule has 0 unspecified atom stereocenters. The van der Waals surface area contributed by atoms with Crippen LogP contribution < -0.4 is 10.6 Å². The van der Waals surface area contributed by atoms with Crippen LogP contribution in [0.3, 0.4) is 0 Å². The number of ether oxygens (including phenoxy) is 1. The average molecular weight is 912 g/mol. The predicted octanol–water partition coefficient (Wildman–Crippen LogP) is 8.36. The van der Waals surface area contributed by atoms with E-state index in [1.807, 2.05) is 152 Å². The van der Waals surface area contributed by atoms with Crippen molar-refractivity contribution in [2.45, 2.75) is 42.5 Å². The smallest absolute Gasteiger partial charge is 0.353 e. The lowest BCUT2D eigenvalue weighted by atomic mass is 9.77. The number of carboxylic acid groups (broad SMARTS) is 1. The Balaban J connectivity index is 1.14. The van der Waals surface area contributed by atoms with Gasteiger partial charge in [-0.25, -0.2) is 14.6 Å². The van der Waals surface area contributed by atoms with Crippen LogP contribution >= 0.6 is 34.7 Å². The Hall–Kier alpha value is -6.74. The summed E-state index contributed by atoms with van der Waals surface area (Å²) in [5.41, 5.74) is 1.52. The fraction of sp³-hybridized carbons (Fsp3) is 0.184. The molecule has 3 N–H and O–H groups in total. The Morgan fingerprint density at radius 3 is 1.81 bits per heavy atom. The van der Waals surface area contributed by atoms with Gasteiger partial charge in [-0.2, -0.15) is 0 Å². The fourth-order valence-electron chi connectivity index (χ4n) is 7.61. The van der Waals surface area contributed by atoms with Crippen molar-refractivity contribution in [3.8, 4) is 0 Å². The van der Waals surface area contributed by atoms with Crippen LogP contribution in [0.5, 0.6) is 0 Å². The van der Waals surface area contributed by atoms with Crippen molar-refractivity contribution in [1.29, 1.82) is 0 Å². The van der Waals surface area contributed by atoms with Gasteiger partial charge < -0.3 is 25.3 Å². The maximum atomic E-state index is 14.5. The second kappa shape index (κ2) is 18.9. The SMILES string of the molecule is CC(C)(ON=C(C(=O)N[C@@H]1C(=O)N2C(C(=O)O)=C(CCl)CS[C@@H]12)c1csc(NC(c2ccccc2)(c2ccccc2)c2ccccc2)n1)C(=O)OC(c1ccccc1)c1ccccc1. The van der Waals surface area contributed by atoms with Gasteiger partial charge in [-0.05, 0) is 47.2 Å². The number of aliphatic carboxylic acids is 1. The Morgan fingerprint density at radius 1 is 0.828 bits per heavy atom. The van der Waals surface area contributed by atoms with Crippen LogP contribution in [0.1, 0.15) is 53.5 Å². The number of anilines is 1. The van der Waals surface area contributed by atoms with Crippen LogP contribution in [0.2, 0.25) is 0 Å². The first kappa shape index (κ1) is 43.9. The van der Waals surface area contributed by atoms with Gasteiger partial charge >= 0.3 is 11.9 Å². The van der Waals surface area contributed by atoms with E-state index in [2.05, 4.69) is 15.8 Å². The third kappa shape index (κ3) is 8.76. The minimum atomic E-state index is -1.74. The Kier molecular flexibility index (Phi) is 13.0. The summed E-state index contributed by atoms with van der Waals surface area (Å²) in [4.78, 5) is 66.3. The van der Waals surface area contributed by atoms with E-state index in [-0.39, 0.29) is 28.7 Å². The van der Waals surface area contributed by atoms with Crippen LogP contribution in [0.25, 0.3) is 0 Å². The molecule has 2 atom stereocenters. The van der Waals surface area contributed by atoms with Crippen LogP contribution in [-0.4, -0.2) is 73.1 Å². The lowest BCUT2D eigenvalue weighted by Crippen LogP contribution is -2.71. The number of carbonyl (C=O) groups excluding carboxylic acids is 3. The second-order valence-corrected chi connectivity index (χ2v) is 17.6. The number of rotatable bonds is 16. The largest absolute Gasteiger partial charge is 0.477 e. The van der Waals surface area contributed by atoms with Gasteiger partial charge in [-0.15, -0.1) is 34.7 Å². The molecule has 0 aliphatic carbocycles. The minimum Gasteiger partial charge on any atom is -0.477 e. The first-order chi connectivity index (χ1) is 31.0. The Bertz CT molecular complexity index is 2570. The summed E-state index contributed by atoms with van der Waals surface area (Å²) in [7, 11) is 0. The third-order valence-corrected chi connectivity index (χ3v) is 13.3. The minimum absolute atomic E-state index is 0.0632. The third-order valence-electron chi connectivity index (χ3n) is 10.9. The molecule has 2 aliphatic rings. The highest BCUT2D eigenvalue weighted by Gasteiger charge is 2.54. The molecule has 12 nitrogen and oxygen atoms in total. The second-order valence-electron chi connectivity index (χ2n) is 15.4. The summed E-state index contributed by atoms with van der Waals surface area (Å²) in [6.07, 6.45) is -0.777. The normalized spacial score (nSPS) is 16.4. The van der Waals surface area contributed by atoms with Crippen molar-refractivity contribution in [3.63, 3.8) is 0 Å². The molecule has 1 saturated heterocycles. The molecule has 2 aliphatic heterocycles. The number of nitrogens with zero attached hydrogens (tertiary/aromatic N) is 3. The van der Waals surface area contributed by atoms with Gasteiger partial charge in [-0.1, -0.05) is 157 Å². The summed E-state index contributed by atoms with van der Waals surface area (Å²) in [6, 6.07) is 47.2. The van der Waals surface area contributed by atoms with E-state index in [0.717, 1.165) is 32.7 Å². The molecular formula is C49H42ClN5O7S2. The molecule has 0 saturated carbocycles. The van der Waals surface area contributed by atoms with Gasteiger partial charge in [-0.3, -0.25) is 14.5 Å². The predicted molar refractivity (Wildman–Crippen MR) is 248 cm³/mol. The van der Waals surface area contributed by atoms with Gasteiger partial charge in [0.15, 0.2) is 16.9 Å². The van der Waals surface area contributed by atoms with Crippen molar-refractivity contribution in [2.24, 2.45) is 5.16 Å². The molecule has 0 bridgehead atoms. The Morgan fingerprint density at radius 2 is 1.33 bits per heavy atom. The average Bonchev–Trinajstić information content (AvgIpc) is 3.80. The van der Waals surface area contributed by atoms with Crippen LogP contribution in [0.15, 0.2) is 173 Å². The molecule has 0 radical (unpaired) electrons. The highest BCUT2D eigenvalue weighted by atomic mass is 35.5. The van der Waals surface area contributed by atoms with Crippen molar-refractivity contribution < 1.29 is 33.9 Å². The zero-order valence-electron chi connectivity index (χ0n) is 34.6.